The number of nitrogens with zero attached hydrogens (tertiary/aromatic N) is 2. The molecule has 0 saturated heterocycles. The van der Waals surface area contributed by atoms with E-state index in [0.29, 0.717) is 39.4 Å². The standard InChI is InChI=1S/C27H25ClF2N2O2/c1-15-5-11-20(16(2)31-15)25(33)18-8-12-23-21(14-18)24(28)22(26(32-23)34-4)13-17-6-9-19(10-7-17)27(3,29)30/h5-12,14,25,33H,13H2,1-4H3. The highest BCUT2D eigenvalue weighted by Gasteiger charge is 2.24. The Morgan fingerprint density at radius 3 is 2.35 bits per heavy atom. The Bertz CT molecular complexity index is 1350. The van der Waals surface area contributed by atoms with E-state index in [0.717, 1.165) is 29.4 Å². The molecule has 34 heavy (non-hydrogen) atoms. The lowest BCUT2D eigenvalue weighted by molar-refractivity contribution is 0.0174. The Kier molecular flexibility index (Phi) is 6.56. The van der Waals surface area contributed by atoms with E-state index < -0.39 is 12.0 Å². The molecule has 0 radical (unpaired) electrons. The fourth-order valence-electron chi connectivity index (χ4n) is 4.04. The number of methoxy groups -OCH3 is 1. The number of aliphatic hydroxyl groups is 1. The van der Waals surface area contributed by atoms with Crippen molar-refractivity contribution in [3.05, 3.63) is 98.8 Å². The first-order valence-electron chi connectivity index (χ1n) is 10.8. The second-order valence-electron chi connectivity index (χ2n) is 8.48. The number of hydrogen-bond acceptors (Lipinski definition) is 4. The average Bonchev–Trinajstić information content (AvgIpc) is 2.80. The number of hydrogen-bond donors (Lipinski definition) is 1. The van der Waals surface area contributed by atoms with Crippen molar-refractivity contribution in [3.63, 3.8) is 0 Å². The van der Waals surface area contributed by atoms with Crippen LogP contribution in [0.3, 0.4) is 0 Å². The molecule has 7 heteroatoms. The van der Waals surface area contributed by atoms with Gasteiger partial charge in [0.05, 0.1) is 17.6 Å². The van der Waals surface area contributed by atoms with Crippen molar-refractivity contribution in [2.75, 3.05) is 7.11 Å². The van der Waals surface area contributed by atoms with Gasteiger partial charge in [0.2, 0.25) is 5.88 Å². The zero-order valence-corrected chi connectivity index (χ0v) is 20.1. The number of aliphatic hydroxyl groups excluding tert-OH is 1. The van der Waals surface area contributed by atoms with E-state index in [9.17, 15) is 13.9 Å². The van der Waals surface area contributed by atoms with Gasteiger partial charge in [-0.05, 0) is 43.2 Å². The molecule has 0 aliphatic heterocycles. The van der Waals surface area contributed by atoms with Crippen molar-refractivity contribution in [3.8, 4) is 5.88 Å². The van der Waals surface area contributed by atoms with Crippen LogP contribution in [-0.2, 0) is 12.3 Å². The van der Waals surface area contributed by atoms with Gasteiger partial charge in [-0.3, -0.25) is 4.98 Å². The monoisotopic (exact) mass is 482 g/mol. The van der Waals surface area contributed by atoms with E-state index in [1.54, 1.807) is 24.3 Å². The van der Waals surface area contributed by atoms with E-state index in [1.165, 1.54) is 19.2 Å². The third kappa shape index (κ3) is 4.74. The first-order chi connectivity index (χ1) is 16.1. The molecule has 2 aromatic heterocycles. The van der Waals surface area contributed by atoms with Crippen LogP contribution in [0.15, 0.2) is 54.6 Å². The quantitative estimate of drug-likeness (QED) is 0.332. The Morgan fingerprint density at radius 1 is 1.03 bits per heavy atom. The van der Waals surface area contributed by atoms with Crippen LogP contribution in [0.5, 0.6) is 5.88 Å². The van der Waals surface area contributed by atoms with Crippen molar-refractivity contribution in [2.24, 2.45) is 0 Å². The topological polar surface area (TPSA) is 55.2 Å². The molecule has 176 valence electrons. The highest BCUT2D eigenvalue weighted by Crippen LogP contribution is 2.36. The molecule has 0 fully saturated rings. The number of ether oxygens (including phenoxy) is 1. The second-order valence-corrected chi connectivity index (χ2v) is 8.86. The van der Waals surface area contributed by atoms with Crippen LogP contribution in [-0.4, -0.2) is 22.2 Å². The molecule has 0 aliphatic carbocycles. The van der Waals surface area contributed by atoms with E-state index in [-0.39, 0.29) is 5.56 Å². The Labute approximate surface area is 202 Å². The Morgan fingerprint density at radius 2 is 1.74 bits per heavy atom. The number of halogens is 3. The minimum absolute atomic E-state index is 0.0505. The maximum absolute atomic E-state index is 13.6. The molecular formula is C27H25ClF2N2O2. The van der Waals surface area contributed by atoms with E-state index >= 15 is 0 Å². The normalized spacial score (nSPS) is 12.7. The molecule has 0 amide bonds. The summed E-state index contributed by atoms with van der Waals surface area (Å²) in [5.74, 6) is -2.53. The largest absolute Gasteiger partial charge is 0.481 e. The number of pyridine rings is 2. The highest BCUT2D eigenvalue weighted by atomic mass is 35.5. The van der Waals surface area contributed by atoms with Gasteiger partial charge in [0, 0.05) is 46.8 Å². The molecule has 0 saturated carbocycles. The van der Waals surface area contributed by atoms with Crippen LogP contribution in [0.25, 0.3) is 10.9 Å². The van der Waals surface area contributed by atoms with Gasteiger partial charge in [-0.1, -0.05) is 48.0 Å². The molecule has 1 unspecified atom stereocenters. The molecule has 1 N–H and O–H groups in total. The van der Waals surface area contributed by atoms with Gasteiger partial charge in [0.15, 0.2) is 0 Å². The smallest absolute Gasteiger partial charge is 0.270 e. The fraction of sp³-hybridized carbons (Fsp3) is 0.259. The predicted octanol–water partition coefficient (Wildman–Crippen LogP) is 6.69. The maximum Gasteiger partial charge on any atom is 0.270 e. The first-order valence-corrected chi connectivity index (χ1v) is 11.2. The van der Waals surface area contributed by atoms with Crippen LogP contribution in [0, 0.1) is 13.8 Å². The summed E-state index contributed by atoms with van der Waals surface area (Å²) in [4.78, 5) is 9.03. The zero-order valence-electron chi connectivity index (χ0n) is 19.4. The van der Waals surface area contributed by atoms with Crippen LogP contribution >= 0.6 is 11.6 Å². The van der Waals surface area contributed by atoms with E-state index in [1.807, 2.05) is 32.0 Å². The molecular weight excluding hydrogens is 458 g/mol. The lowest BCUT2D eigenvalue weighted by Crippen LogP contribution is -2.07. The average molecular weight is 483 g/mol. The molecule has 2 aromatic carbocycles. The number of benzene rings is 2. The van der Waals surface area contributed by atoms with Gasteiger partial charge in [-0.25, -0.2) is 13.8 Å². The summed E-state index contributed by atoms with van der Waals surface area (Å²) in [5.41, 5.74) is 5.04. The van der Waals surface area contributed by atoms with Gasteiger partial charge in [-0.2, -0.15) is 0 Å². The summed E-state index contributed by atoms with van der Waals surface area (Å²) in [5, 5.41) is 12.1. The summed E-state index contributed by atoms with van der Waals surface area (Å²) >= 11 is 6.82. The van der Waals surface area contributed by atoms with Gasteiger partial charge in [-0.15, -0.1) is 0 Å². The Balaban J connectivity index is 1.75. The second kappa shape index (κ2) is 9.28. The molecule has 4 nitrogen and oxygen atoms in total. The number of aryl methyl sites for hydroxylation is 2. The molecule has 4 rings (SSSR count). The van der Waals surface area contributed by atoms with Crippen molar-refractivity contribution >= 4 is 22.5 Å². The maximum atomic E-state index is 13.6. The minimum Gasteiger partial charge on any atom is -0.481 e. The summed E-state index contributed by atoms with van der Waals surface area (Å²) in [6.45, 7) is 4.64. The molecule has 4 aromatic rings. The minimum atomic E-state index is -2.90. The van der Waals surface area contributed by atoms with E-state index in [2.05, 4.69) is 9.97 Å². The fourth-order valence-corrected chi connectivity index (χ4v) is 4.34. The number of aromatic nitrogens is 2. The van der Waals surface area contributed by atoms with Gasteiger partial charge in [0.25, 0.3) is 5.92 Å². The number of rotatable bonds is 6. The molecule has 2 heterocycles. The van der Waals surface area contributed by atoms with Crippen molar-refractivity contribution < 1.29 is 18.6 Å². The summed E-state index contributed by atoms with van der Waals surface area (Å²) in [7, 11) is 1.51. The summed E-state index contributed by atoms with van der Waals surface area (Å²) in [6.07, 6.45) is -0.517. The first kappa shape index (κ1) is 24.0. The van der Waals surface area contributed by atoms with Gasteiger partial charge in [0.1, 0.15) is 6.10 Å². The van der Waals surface area contributed by atoms with Crippen molar-refractivity contribution in [1.82, 2.24) is 9.97 Å². The highest BCUT2D eigenvalue weighted by molar-refractivity contribution is 6.36. The van der Waals surface area contributed by atoms with Crippen LogP contribution < -0.4 is 4.74 Å². The van der Waals surface area contributed by atoms with E-state index in [4.69, 9.17) is 16.3 Å². The van der Waals surface area contributed by atoms with Crippen molar-refractivity contribution in [2.45, 2.75) is 39.2 Å². The predicted molar refractivity (Wildman–Crippen MR) is 130 cm³/mol. The van der Waals surface area contributed by atoms with Gasteiger partial charge < -0.3 is 9.84 Å². The van der Waals surface area contributed by atoms with Gasteiger partial charge >= 0.3 is 0 Å². The molecule has 1 atom stereocenters. The lowest BCUT2D eigenvalue weighted by Gasteiger charge is -2.17. The van der Waals surface area contributed by atoms with Crippen LogP contribution in [0.4, 0.5) is 8.78 Å². The van der Waals surface area contributed by atoms with Crippen molar-refractivity contribution in [1.29, 1.82) is 0 Å². The zero-order chi connectivity index (χ0) is 24.6. The summed E-state index contributed by atoms with van der Waals surface area (Å²) in [6, 6.07) is 15.3. The van der Waals surface area contributed by atoms with Crippen LogP contribution in [0.1, 0.15) is 52.2 Å². The lowest BCUT2D eigenvalue weighted by atomic mass is 9.97. The molecule has 0 spiro atoms. The SMILES string of the molecule is COc1nc2ccc(C(O)c3ccc(C)nc3C)cc2c(Cl)c1Cc1ccc(C(C)(F)F)cc1. The number of alkyl halides is 2. The molecule has 0 aliphatic rings. The third-order valence-electron chi connectivity index (χ3n) is 5.91. The Hall–Kier alpha value is -3.09. The molecule has 0 bridgehead atoms. The third-order valence-corrected chi connectivity index (χ3v) is 6.35. The summed E-state index contributed by atoms with van der Waals surface area (Å²) < 4.78 is 32.6. The number of fused-ring (bicyclic) bond motifs is 1. The van der Waals surface area contributed by atoms with Crippen LogP contribution in [0.2, 0.25) is 5.02 Å².